The van der Waals surface area contributed by atoms with E-state index in [1.54, 1.807) is 42.5 Å². The number of aliphatic carboxylic acids is 1. The van der Waals surface area contributed by atoms with Crippen LogP contribution < -0.4 is 10.5 Å². The topological polar surface area (TPSA) is 157 Å². The van der Waals surface area contributed by atoms with Gasteiger partial charge in [-0.3, -0.25) is 15.1 Å². The van der Waals surface area contributed by atoms with Crippen molar-refractivity contribution in [2.45, 2.75) is 56.3 Å². The maximum Gasteiger partial charge on any atom is 0.326 e. The molecule has 1 amide bonds. The summed E-state index contributed by atoms with van der Waals surface area (Å²) in [6.45, 7) is 4.07. The number of nitrogens with one attached hydrogen (secondary N) is 2. The van der Waals surface area contributed by atoms with Crippen LogP contribution in [0.4, 0.5) is 0 Å². The van der Waals surface area contributed by atoms with Crippen molar-refractivity contribution in [2.24, 2.45) is 5.73 Å². The molecule has 2 aliphatic heterocycles. The number of nitrogen functional groups attached to an aromatic ring is 1. The van der Waals surface area contributed by atoms with Gasteiger partial charge >= 0.3 is 5.97 Å². The third kappa shape index (κ3) is 8.74. The fourth-order valence-electron chi connectivity index (χ4n) is 5.82. The molecule has 0 radical (unpaired) electrons. The monoisotopic (exact) mass is 687 g/mol. The molecule has 0 saturated carbocycles. The number of benzene rings is 3. The zero-order chi connectivity index (χ0) is 31.4. The van der Waals surface area contributed by atoms with E-state index in [1.807, 2.05) is 31.2 Å². The van der Waals surface area contributed by atoms with E-state index in [0.29, 0.717) is 17.7 Å². The van der Waals surface area contributed by atoms with Crippen LogP contribution >= 0.6 is 24.8 Å². The molecular formula is C33H39Cl2N5O5S. The Labute approximate surface area is 282 Å². The van der Waals surface area contributed by atoms with Crippen LogP contribution in [-0.4, -0.2) is 66.2 Å². The molecule has 13 heteroatoms. The molecule has 3 aromatic carbocycles. The molecule has 2 atom stereocenters. The Hall–Kier alpha value is -3.74. The van der Waals surface area contributed by atoms with E-state index in [0.717, 1.165) is 36.2 Å². The Balaban J connectivity index is 0.00000288. The van der Waals surface area contributed by atoms with Crippen molar-refractivity contribution in [1.82, 2.24) is 14.5 Å². The molecule has 3 aromatic rings. The number of carboxylic acid groups (broad SMARTS) is 1. The predicted molar refractivity (Wildman–Crippen MR) is 182 cm³/mol. The highest BCUT2D eigenvalue weighted by Crippen LogP contribution is 2.25. The molecule has 5 rings (SSSR count). The molecule has 1 unspecified atom stereocenters. The highest BCUT2D eigenvalue weighted by molar-refractivity contribution is 7.89. The van der Waals surface area contributed by atoms with Crippen molar-refractivity contribution in [3.05, 3.63) is 112 Å². The minimum atomic E-state index is -4.19. The van der Waals surface area contributed by atoms with Crippen molar-refractivity contribution < 1.29 is 23.1 Å². The van der Waals surface area contributed by atoms with Gasteiger partial charge in [0.05, 0.1) is 4.90 Å². The number of carboxylic acids is 1. The lowest BCUT2D eigenvalue weighted by atomic mass is 9.98. The lowest BCUT2D eigenvalue weighted by Gasteiger charge is -2.34. The van der Waals surface area contributed by atoms with E-state index >= 15 is 0 Å². The quantitative estimate of drug-likeness (QED) is 0.143. The number of halogens is 2. The molecule has 0 fully saturated rings. The van der Waals surface area contributed by atoms with Crippen LogP contribution in [0.25, 0.3) is 0 Å². The number of nitrogens with zero attached hydrogens (tertiary/aromatic N) is 2. The van der Waals surface area contributed by atoms with Gasteiger partial charge in [-0.05, 0) is 66.6 Å². The van der Waals surface area contributed by atoms with E-state index in [-0.39, 0.29) is 54.9 Å². The van der Waals surface area contributed by atoms with Crippen LogP contribution in [0.15, 0.2) is 89.3 Å². The molecule has 2 heterocycles. The summed E-state index contributed by atoms with van der Waals surface area (Å²) in [5.41, 5.74) is 10.7. The molecule has 0 bridgehead atoms. The number of nitrogens with two attached hydrogens (primary N) is 1. The van der Waals surface area contributed by atoms with E-state index in [4.69, 9.17) is 11.1 Å². The summed E-state index contributed by atoms with van der Waals surface area (Å²) in [6, 6.07) is 19.4. The minimum Gasteiger partial charge on any atom is -0.480 e. The normalized spacial score (nSPS) is 17.0. The fourth-order valence-corrected chi connectivity index (χ4v) is 7.06. The number of fused-ring (bicyclic) bond motifs is 1. The number of sulfonamides is 1. The third-order valence-corrected chi connectivity index (χ3v) is 9.67. The summed E-state index contributed by atoms with van der Waals surface area (Å²) >= 11 is 0. The summed E-state index contributed by atoms with van der Waals surface area (Å²) in [4.78, 5) is 29.6. The second kappa shape index (κ2) is 15.7. The summed E-state index contributed by atoms with van der Waals surface area (Å²) < 4.78 is 30.3. The van der Waals surface area contributed by atoms with Gasteiger partial charge < -0.3 is 15.7 Å². The Morgan fingerprint density at radius 1 is 1.02 bits per heavy atom. The van der Waals surface area contributed by atoms with Gasteiger partial charge in [0.1, 0.15) is 17.9 Å². The maximum atomic E-state index is 13.9. The second-order valence-electron chi connectivity index (χ2n) is 11.5. The highest BCUT2D eigenvalue weighted by atomic mass is 35.5. The van der Waals surface area contributed by atoms with Crippen molar-refractivity contribution in [3.8, 4) is 0 Å². The van der Waals surface area contributed by atoms with Gasteiger partial charge in [0.15, 0.2) is 0 Å². The number of carbonyl (C=O) groups is 2. The molecule has 0 spiro atoms. The van der Waals surface area contributed by atoms with Crippen LogP contribution in [-0.2, 0) is 45.5 Å². The summed E-state index contributed by atoms with van der Waals surface area (Å²) in [5, 5.41) is 17.7. The first-order valence-corrected chi connectivity index (χ1v) is 16.0. The molecule has 10 nitrogen and oxygen atoms in total. The van der Waals surface area contributed by atoms with Crippen LogP contribution in [0, 0.1) is 5.41 Å². The average Bonchev–Trinajstić information content (AvgIpc) is 3.00. The zero-order valence-electron chi connectivity index (χ0n) is 25.4. The predicted octanol–water partition coefficient (Wildman–Crippen LogP) is 3.89. The first kappa shape index (κ1) is 36.7. The van der Waals surface area contributed by atoms with Crippen LogP contribution in [0.3, 0.4) is 0 Å². The largest absolute Gasteiger partial charge is 0.480 e. The van der Waals surface area contributed by atoms with Crippen molar-refractivity contribution in [2.75, 3.05) is 13.1 Å². The Bertz CT molecular complexity index is 1720. The van der Waals surface area contributed by atoms with E-state index in [1.165, 1.54) is 10.5 Å². The first-order valence-electron chi connectivity index (χ1n) is 14.5. The molecule has 0 aliphatic carbocycles. The third-order valence-electron chi connectivity index (χ3n) is 8.20. The SMILES string of the molecule is CC1=CCN(C(=O)[C@H](Cc2cccc(C(=N)N)c2)NS(=O)(=O)c2ccc3c(c2)CN(Cc2ccccc2)CC3)C(C(=O)O)C1.Cl.Cl. The minimum absolute atomic E-state index is 0. The number of hydrogen-bond acceptors (Lipinski definition) is 6. The molecule has 5 N–H and O–H groups in total. The fraction of sp³-hybridized carbons (Fsp3) is 0.303. The first-order chi connectivity index (χ1) is 21.0. The Morgan fingerprint density at radius 2 is 1.74 bits per heavy atom. The van der Waals surface area contributed by atoms with E-state index in [9.17, 15) is 23.1 Å². The van der Waals surface area contributed by atoms with Gasteiger partial charge in [0, 0.05) is 31.7 Å². The van der Waals surface area contributed by atoms with Crippen LogP contribution in [0.2, 0.25) is 0 Å². The molecule has 46 heavy (non-hydrogen) atoms. The molecule has 0 aromatic heterocycles. The van der Waals surface area contributed by atoms with Gasteiger partial charge in [-0.1, -0.05) is 66.2 Å². The van der Waals surface area contributed by atoms with Crippen molar-refractivity contribution in [3.63, 3.8) is 0 Å². The van der Waals surface area contributed by atoms with E-state index < -0.39 is 34.0 Å². The molecule has 246 valence electrons. The summed E-state index contributed by atoms with van der Waals surface area (Å²) in [5.74, 6) is -1.95. The number of carbonyl (C=O) groups excluding carboxylic acids is 1. The average molecular weight is 689 g/mol. The number of amides is 1. The van der Waals surface area contributed by atoms with Crippen LogP contribution in [0.5, 0.6) is 0 Å². The smallest absolute Gasteiger partial charge is 0.326 e. The lowest BCUT2D eigenvalue weighted by Crippen LogP contribution is -2.55. The summed E-state index contributed by atoms with van der Waals surface area (Å²) in [7, 11) is -4.19. The Kier molecular flexibility index (Phi) is 12.5. The number of hydrogen-bond donors (Lipinski definition) is 4. The standard InChI is InChI=1S/C33H37N5O5S.2ClH/c1-22-12-15-38(30(16-22)33(40)41)32(39)29(18-24-8-5-9-26(17-24)31(34)35)36-44(42,43)28-11-10-25-13-14-37(21-27(25)19-28)20-23-6-3-2-4-7-23;;/h2-12,17,19,29-30,36H,13-16,18,20-21H2,1H3,(H3,34,35)(H,40,41);2*1H/t29-,30?;;/m0../s1. The van der Waals surface area contributed by atoms with Crippen molar-refractivity contribution in [1.29, 1.82) is 5.41 Å². The molecular weight excluding hydrogens is 649 g/mol. The number of rotatable bonds is 10. The number of amidine groups is 1. The highest BCUT2D eigenvalue weighted by Gasteiger charge is 2.37. The second-order valence-corrected chi connectivity index (χ2v) is 13.2. The Morgan fingerprint density at radius 3 is 2.43 bits per heavy atom. The van der Waals surface area contributed by atoms with Crippen molar-refractivity contribution >= 4 is 52.5 Å². The zero-order valence-corrected chi connectivity index (χ0v) is 27.8. The van der Waals surface area contributed by atoms with E-state index in [2.05, 4.69) is 21.8 Å². The van der Waals surface area contributed by atoms with Gasteiger partial charge in [-0.15, -0.1) is 24.8 Å². The molecule has 0 saturated heterocycles. The van der Waals surface area contributed by atoms with Gasteiger partial charge in [-0.25, -0.2) is 13.2 Å². The van der Waals surface area contributed by atoms with Gasteiger partial charge in [-0.2, -0.15) is 4.72 Å². The maximum absolute atomic E-state index is 13.9. The lowest BCUT2D eigenvalue weighted by molar-refractivity contribution is -0.150. The molecule has 2 aliphatic rings. The van der Waals surface area contributed by atoms with Gasteiger partial charge in [0.25, 0.3) is 0 Å². The van der Waals surface area contributed by atoms with Crippen LogP contribution in [0.1, 0.15) is 41.2 Å². The van der Waals surface area contributed by atoms with Gasteiger partial charge in [0.2, 0.25) is 15.9 Å². The summed E-state index contributed by atoms with van der Waals surface area (Å²) in [6.07, 6.45) is 2.68.